The molecule has 7 nitrogen and oxygen atoms in total. The molecular weight excluding hydrogens is 599 g/mol. The van der Waals surface area contributed by atoms with Gasteiger partial charge >= 0.3 is 41.5 Å². The molecule has 0 fully saturated rings. The summed E-state index contributed by atoms with van der Waals surface area (Å²) < 4.78 is 46.3. The molecule has 0 aromatic heterocycles. The molecule has 250 valence electrons. The molecule has 0 aliphatic carbocycles. The number of ether oxygens (including phenoxy) is 2. The molecule has 0 aliphatic heterocycles. The molecule has 1 rings (SSSR count). The molecule has 45 heavy (non-hydrogen) atoms. The monoisotopic (exact) mass is 656 g/mol. The number of unbranched alkanes of at least 4 members (excludes halogenated alkanes) is 16. The smallest absolute Gasteiger partial charge is 0.744 e. The van der Waals surface area contributed by atoms with Crippen LogP contribution in [-0.2, 0) is 19.6 Å². The molecular formula is C36H57NaO7S. The van der Waals surface area contributed by atoms with Crippen LogP contribution in [0.15, 0.2) is 47.4 Å². The zero-order valence-corrected chi connectivity index (χ0v) is 31.2. The SMILES string of the molecule is CCCCCC/C=C/CCCCCCOC(=O)c1cccc(S(=O)(=O)[O-])c1C(=O)OCCCCCC/C=C/CCCCCC.[Na+]. The van der Waals surface area contributed by atoms with Gasteiger partial charge in [0, 0.05) is 0 Å². The minimum atomic E-state index is -5.01. The molecule has 0 spiro atoms. The van der Waals surface area contributed by atoms with Gasteiger partial charge in [-0.1, -0.05) is 108 Å². The molecule has 0 bridgehead atoms. The normalized spacial score (nSPS) is 11.6. The van der Waals surface area contributed by atoms with Crippen LogP contribution in [0, 0.1) is 0 Å². The van der Waals surface area contributed by atoms with Gasteiger partial charge in [0.2, 0.25) is 0 Å². The molecule has 0 radical (unpaired) electrons. The second kappa shape index (κ2) is 28.7. The fourth-order valence-corrected chi connectivity index (χ4v) is 5.57. The van der Waals surface area contributed by atoms with Crippen LogP contribution < -0.4 is 29.6 Å². The van der Waals surface area contributed by atoms with Crippen LogP contribution in [0.25, 0.3) is 0 Å². The van der Waals surface area contributed by atoms with Gasteiger partial charge in [0.1, 0.15) is 10.1 Å². The molecule has 0 aliphatic rings. The Bertz CT molecular complexity index is 1080. The fraction of sp³-hybridized carbons (Fsp3) is 0.667. The van der Waals surface area contributed by atoms with Gasteiger partial charge in [-0.05, 0) is 76.3 Å². The minimum Gasteiger partial charge on any atom is -0.744 e. The van der Waals surface area contributed by atoms with E-state index < -0.39 is 32.5 Å². The Hall–Kier alpha value is -1.45. The first-order chi connectivity index (χ1) is 21.3. The third-order valence-electron chi connectivity index (χ3n) is 7.50. The van der Waals surface area contributed by atoms with Gasteiger partial charge in [0.05, 0.1) is 29.2 Å². The first kappa shape index (κ1) is 43.5. The number of rotatable bonds is 27. The third-order valence-corrected chi connectivity index (χ3v) is 8.38. The van der Waals surface area contributed by atoms with Crippen molar-refractivity contribution in [3.05, 3.63) is 53.6 Å². The van der Waals surface area contributed by atoms with Crippen molar-refractivity contribution in [3.63, 3.8) is 0 Å². The molecule has 0 heterocycles. The number of hydrogen-bond acceptors (Lipinski definition) is 7. The molecule has 0 amide bonds. The van der Waals surface area contributed by atoms with E-state index in [1.807, 2.05) is 0 Å². The summed E-state index contributed by atoms with van der Waals surface area (Å²) in [6, 6.07) is 3.57. The summed E-state index contributed by atoms with van der Waals surface area (Å²) in [6.07, 6.45) is 30.5. The predicted molar refractivity (Wildman–Crippen MR) is 177 cm³/mol. The summed E-state index contributed by atoms with van der Waals surface area (Å²) in [5, 5.41) is 0. The zero-order chi connectivity index (χ0) is 32.3. The summed E-state index contributed by atoms with van der Waals surface area (Å²) in [6.45, 7) is 4.63. The summed E-state index contributed by atoms with van der Waals surface area (Å²) >= 11 is 0. The molecule has 0 saturated heterocycles. The van der Waals surface area contributed by atoms with Crippen molar-refractivity contribution in [2.24, 2.45) is 0 Å². The molecule has 1 aromatic carbocycles. The van der Waals surface area contributed by atoms with E-state index in [2.05, 4.69) is 38.2 Å². The standard InChI is InChI=1S/C36H58O7S.Na/c1-3-5-7-9-11-13-15-17-19-21-23-25-30-42-35(37)32-28-27-29-33(44(39,40)41)34(32)36(38)43-31-26-24-22-20-18-16-14-12-10-8-6-4-2;/h13-16,27-29H,3-12,17-26,30-31H2,1-2H3,(H,39,40,41);/q;+1/p-1/b15-13+,16-14+;. The van der Waals surface area contributed by atoms with Crippen molar-refractivity contribution < 1.29 is 61.6 Å². The minimum absolute atomic E-state index is 0. The van der Waals surface area contributed by atoms with Gasteiger partial charge in [-0.2, -0.15) is 0 Å². The summed E-state index contributed by atoms with van der Waals surface area (Å²) in [4.78, 5) is 24.9. The van der Waals surface area contributed by atoms with Crippen LogP contribution in [0.3, 0.4) is 0 Å². The van der Waals surface area contributed by atoms with E-state index in [-0.39, 0.29) is 48.3 Å². The molecule has 1 aromatic rings. The van der Waals surface area contributed by atoms with Crippen molar-refractivity contribution >= 4 is 22.1 Å². The Morgan fingerprint density at radius 3 is 1.44 bits per heavy atom. The van der Waals surface area contributed by atoms with E-state index in [1.165, 1.54) is 63.5 Å². The van der Waals surface area contributed by atoms with Crippen LogP contribution in [-0.4, -0.2) is 38.1 Å². The van der Waals surface area contributed by atoms with Crippen molar-refractivity contribution in [2.75, 3.05) is 13.2 Å². The van der Waals surface area contributed by atoms with Gasteiger partial charge < -0.3 is 14.0 Å². The van der Waals surface area contributed by atoms with E-state index in [0.29, 0.717) is 12.8 Å². The first-order valence-electron chi connectivity index (χ1n) is 17.1. The van der Waals surface area contributed by atoms with Gasteiger partial charge in [0.15, 0.2) is 0 Å². The van der Waals surface area contributed by atoms with Crippen molar-refractivity contribution in [1.82, 2.24) is 0 Å². The predicted octanol–water partition coefficient (Wildman–Crippen LogP) is 6.86. The van der Waals surface area contributed by atoms with E-state index in [9.17, 15) is 22.6 Å². The third kappa shape index (κ3) is 21.9. The second-order valence-corrected chi connectivity index (χ2v) is 12.8. The Kier molecular flexibility index (Phi) is 27.8. The van der Waals surface area contributed by atoms with E-state index in [1.54, 1.807) is 0 Å². The van der Waals surface area contributed by atoms with Crippen molar-refractivity contribution in [3.8, 4) is 0 Å². The summed E-state index contributed by atoms with van der Waals surface area (Å²) in [7, 11) is -5.01. The number of benzene rings is 1. The topological polar surface area (TPSA) is 110 Å². The molecule has 0 atom stereocenters. The maximum Gasteiger partial charge on any atom is 1.00 e. The van der Waals surface area contributed by atoms with Crippen LogP contribution in [0.4, 0.5) is 0 Å². The fourth-order valence-electron chi connectivity index (χ4n) is 4.88. The first-order valence-corrected chi connectivity index (χ1v) is 18.5. The summed E-state index contributed by atoms with van der Waals surface area (Å²) in [5.41, 5.74) is -0.810. The average molecular weight is 657 g/mol. The molecule has 0 unspecified atom stereocenters. The van der Waals surface area contributed by atoms with Crippen molar-refractivity contribution in [2.45, 2.75) is 147 Å². The Labute approximate surface area is 296 Å². The number of carbonyl (C=O) groups excluding carboxylic acids is 2. The average Bonchev–Trinajstić information content (AvgIpc) is 3.00. The summed E-state index contributed by atoms with van der Waals surface area (Å²) in [5.74, 6) is -1.84. The maximum absolute atomic E-state index is 12.9. The van der Waals surface area contributed by atoms with Gasteiger partial charge in [-0.25, -0.2) is 18.0 Å². The van der Waals surface area contributed by atoms with Crippen LogP contribution in [0.5, 0.6) is 0 Å². The van der Waals surface area contributed by atoms with E-state index in [0.717, 1.165) is 70.3 Å². The Morgan fingerprint density at radius 2 is 1.02 bits per heavy atom. The van der Waals surface area contributed by atoms with E-state index >= 15 is 0 Å². The number of hydrogen-bond donors (Lipinski definition) is 0. The van der Waals surface area contributed by atoms with Gasteiger partial charge in [-0.15, -0.1) is 0 Å². The quantitative estimate of drug-likeness (QED) is 0.0335. The second-order valence-electron chi connectivity index (χ2n) is 11.5. The Balaban J connectivity index is 0.0000194. The zero-order valence-electron chi connectivity index (χ0n) is 28.4. The Morgan fingerprint density at radius 1 is 0.622 bits per heavy atom. The van der Waals surface area contributed by atoms with Crippen molar-refractivity contribution in [1.29, 1.82) is 0 Å². The van der Waals surface area contributed by atoms with Gasteiger partial charge in [-0.3, -0.25) is 0 Å². The molecule has 9 heteroatoms. The number of esters is 2. The van der Waals surface area contributed by atoms with Gasteiger partial charge in [0.25, 0.3) is 0 Å². The number of carbonyl (C=O) groups is 2. The molecule has 0 saturated carbocycles. The van der Waals surface area contributed by atoms with Crippen LogP contribution in [0.2, 0.25) is 0 Å². The largest absolute Gasteiger partial charge is 1.00 e. The number of allylic oxidation sites excluding steroid dienone is 4. The van der Waals surface area contributed by atoms with Crippen LogP contribution >= 0.6 is 0 Å². The maximum atomic E-state index is 12.9. The van der Waals surface area contributed by atoms with E-state index in [4.69, 9.17) is 9.47 Å². The van der Waals surface area contributed by atoms with Crippen LogP contribution in [0.1, 0.15) is 163 Å². The molecule has 0 N–H and O–H groups in total.